The molecule has 0 saturated carbocycles. The van der Waals surface area contributed by atoms with Gasteiger partial charge in [0.2, 0.25) is 0 Å². The molecule has 1 heterocycles. The van der Waals surface area contributed by atoms with Crippen LogP contribution >= 0.6 is 12.4 Å². The van der Waals surface area contributed by atoms with Crippen molar-refractivity contribution in [3.63, 3.8) is 0 Å². The van der Waals surface area contributed by atoms with Crippen molar-refractivity contribution in [2.45, 2.75) is 45.4 Å². The van der Waals surface area contributed by atoms with E-state index in [4.69, 9.17) is 14.2 Å². The molecule has 1 atom stereocenters. The SMILES string of the molecule is COc1ccc2c(c1)OC(C)(C)C(c1ccccc1)=C2c1ccc(OCC(O)CNC(C)C)cc1.Cl. The van der Waals surface area contributed by atoms with E-state index in [1.54, 1.807) is 7.11 Å². The molecule has 1 unspecified atom stereocenters. The van der Waals surface area contributed by atoms with Gasteiger partial charge in [-0.15, -0.1) is 12.4 Å². The third kappa shape index (κ3) is 6.22. The number of methoxy groups -OCH3 is 1. The molecule has 0 fully saturated rings. The molecule has 0 aromatic heterocycles. The summed E-state index contributed by atoms with van der Waals surface area (Å²) < 4.78 is 17.8. The van der Waals surface area contributed by atoms with Crippen LogP contribution in [0.4, 0.5) is 0 Å². The summed E-state index contributed by atoms with van der Waals surface area (Å²) in [6.45, 7) is 9.04. The minimum Gasteiger partial charge on any atom is -0.497 e. The summed E-state index contributed by atoms with van der Waals surface area (Å²) in [5.41, 5.74) is 4.90. The zero-order valence-corrected chi connectivity index (χ0v) is 22.4. The van der Waals surface area contributed by atoms with Gasteiger partial charge < -0.3 is 24.6 Å². The quantitative estimate of drug-likeness (QED) is 0.371. The molecule has 3 aromatic rings. The monoisotopic (exact) mass is 509 g/mol. The van der Waals surface area contributed by atoms with Gasteiger partial charge in [-0.2, -0.15) is 0 Å². The van der Waals surface area contributed by atoms with Crippen LogP contribution in [0.1, 0.15) is 44.4 Å². The van der Waals surface area contributed by atoms with E-state index in [0.29, 0.717) is 12.6 Å². The van der Waals surface area contributed by atoms with Crippen molar-refractivity contribution >= 4 is 23.6 Å². The maximum absolute atomic E-state index is 10.2. The number of aliphatic hydroxyl groups excluding tert-OH is 1. The van der Waals surface area contributed by atoms with Crippen molar-refractivity contribution in [3.8, 4) is 17.2 Å². The third-order valence-corrected chi connectivity index (χ3v) is 6.08. The van der Waals surface area contributed by atoms with Crippen LogP contribution in [0.2, 0.25) is 0 Å². The molecule has 5 nitrogen and oxygen atoms in total. The normalized spacial score (nSPS) is 15.0. The minimum atomic E-state index is -0.567. The van der Waals surface area contributed by atoms with Gasteiger partial charge in [0.15, 0.2) is 0 Å². The zero-order valence-electron chi connectivity index (χ0n) is 21.6. The van der Waals surface area contributed by atoms with Crippen LogP contribution in [-0.4, -0.2) is 43.1 Å². The van der Waals surface area contributed by atoms with Gasteiger partial charge in [0.05, 0.1) is 7.11 Å². The Balaban J connectivity index is 0.00000361. The topological polar surface area (TPSA) is 60.0 Å². The predicted octanol–water partition coefficient (Wildman–Crippen LogP) is 5.98. The van der Waals surface area contributed by atoms with Gasteiger partial charge in [0.25, 0.3) is 0 Å². The number of halogens is 1. The van der Waals surface area contributed by atoms with Gasteiger partial charge >= 0.3 is 0 Å². The first kappa shape index (κ1) is 27.6. The van der Waals surface area contributed by atoms with E-state index in [2.05, 4.69) is 75.5 Å². The second-order valence-electron chi connectivity index (χ2n) is 9.64. The van der Waals surface area contributed by atoms with E-state index in [-0.39, 0.29) is 19.0 Å². The largest absolute Gasteiger partial charge is 0.497 e. The van der Waals surface area contributed by atoms with E-state index in [1.165, 1.54) is 0 Å². The van der Waals surface area contributed by atoms with Crippen LogP contribution in [0.3, 0.4) is 0 Å². The molecule has 0 aliphatic carbocycles. The Kier molecular flexibility index (Phi) is 9.07. The molecule has 2 N–H and O–H groups in total. The number of nitrogens with one attached hydrogen (secondary N) is 1. The molecule has 3 aromatic carbocycles. The molecule has 1 aliphatic rings. The summed E-state index contributed by atoms with van der Waals surface area (Å²) in [6.07, 6.45) is -0.567. The molecule has 36 heavy (non-hydrogen) atoms. The fraction of sp³-hybridized carbons (Fsp3) is 0.333. The van der Waals surface area contributed by atoms with E-state index in [9.17, 15) is 5.11 Å². The van der Waals surface area contributed by atoms with E-state index < -0.39 is 11.7 Å². The Morgan fingerprint density at radius 2 is 1.58 bits per heavy atom. The average molecular weight is 510 g/mol. The first-order chi connectivity index (χ1) is 16.8. The van der Waals surface area contributed by atoms with Crippen LogP contribution in [0.5, 0.6) is 17.2 Å². The van der Waals surface area contributed by atoms with Gasteiger partial charge in [0, 0.05) is 35.4 Å². The maximum Gasteiger partial charge on any atom is 0.132 e. The van der Waals surface area contributed by atoms with Crippen molar-refractivity contribution in [1.82, 2.24) is 5.32 Å². The number of ether oxygens (including phenoxy) is 3. The highest BCUT2D eigenvalue weighted by Gasteiger charge is 2.36. The standard InChI is InChI=1S/C30H35NO4.ClH/c1-20(2)31-18-23(32)19-34-24-13-11-21(12-14-24)28-26-16-15-25(33-5)17-27(26)35-30(3,4)29(28)22-9-7-6-8-10-22;/h6-17,20,23,31-32H,18-19H2,1-5H3;1H. The van der Waals surface area contributed by atoms with Crippen LogP contribution in [0.15, 0.2) is 72.8 Å². The average Bonchev–Trinajstić information content (AvgIpc) is 2.85. The second kappa shape index (κ2) is 11.8. The fourth-order valence-electron chi connectivity index (χ4n) is 4.42. The summed E-state index contributed by atoms with van der Waals surface area (Å²) in [6, 6.07) is 24.7. The lowest BCUT2D eigenvalue weighted by Gasteiger charge is -2.38. The molecule has 0 spiro atoms. The van der Waals surface area contributed by atoms with E-state index >= 15 is 0 Å². The van der Waals surface area contributed by atoms with Crippen LogP contribution in [0, 0.1) is 0 Å². The molecule has 192 valence electrons. The van der Waals surface area contributed by atoms with Gasteiger partial charge in [-0.1, -0.05) is 56.3 Å². The smallest absolute Gasteiger partial charge is 0.132 e. The van der Waals surface area contributed by atoms with Crippen LogP contribution < -0.4 is 19.5 Å². The van der Waals surface area contributed by atoms with Crippen molar-refractivity contribution in [2.24, 2.45) is 0 Å². The number of rotatable bonds is 9. The maximum atomic E-state index is 10.2. The Hall–Kier alpha value is -2.99. The third-order valence-electron chi connectivity index (χ3n) is 6.08. The molecule has 0 saturated heterocycles. The molecule has 6 heteroatoms. The Morgan fingerprint density at radius 1 is 0.917 bits per heavy atom. The molecule has 1 aliphatic heterocycles. The summed E-state index contributed by atoms with van der Waals surface area (Å²) in [5.74, 6) is 2.28. The molecular weight excluding hydrogens is 474 g/mol. The number of aliphatic hydroxyl groups is 1. The van der Waals surface area contributed by atoms with Gasteiger partial charge in [-0.25, -0.2) is 0 Å². The molecular formula is C30H36ClNO4. The zero-order chi connectivity index (χ0) is 25.0. The first-order valence-corrected chi connectivity index (χ1v) is 12.1. The summed E-state index contributed by atoms with van der Waals surface area (Å²) >= 11 is 0. The highest BCUT2D eigenvalue weighted by Crippen LogP contribution is 2.48. The van der Waals surface area contributed by atoms with Gasteiger partial charge in [0.1, 0.15) is 35.6 Å². The predicted molar refractivity (Wildman–Crippen MR) is 148 cm³/mol. The Labute approximate surface area is 220 Å². The van der Waals surface area contributed by atoms with Crippen LogP contribution in [0.25, 0.3) is 11.1 Å². The molecule has 0 amide bonds. The second-order valence-corrected chi connectivity index (χ2v) is 9.64. The summed E-state index contributed by atoms with van der Waals surface area (Å²) in [7, 11) is 1.66. The van der Waals surface area contributed by atoms with E-state index in [0.717, 1.165) is 45.1 Å². The van der Waals surface area contributed by atoms with Gasteiger partial charge in [-0.05, 0) is 49.2 Å². The number of hydrogen-bond donors (Lipinski definition) is 2. The molecule has 0 bridgehead atoms. The Bertz CT molecular complexity index is 1170. The van der Waals surface area contributed by atoms with Crippen molar-refractivity contribution in [3.05, 3.63) is 89.5 Å². The van der Waals surface area contributed by atoms with Crippen molar-refractivity contribution < 1.29 is 19.3 Å². The number of hydrogen-bond acceptors (Lipinski definition) is 5. The highest BCUT2D eigenvalue weighted by molar-refractivity contribution is 6.04. The molecule has 4 rings (SSSR count). The lowest BCUT2D eigenvalue weighted by Crippen LogP contribution is -2.35. The van der Waals surface area contributed by atoms with Crippen molar-refractivity contribution in [2.75, 3.05) is 20.3 Å². The van der Waals surface area contributed by atoms with Crippen molar-refractivity contribution in [1.29, 1.82) is 0 Å². The summed E-state index contributed by atoms with van der Waals surface area (Å²) in [4.78, 5) is 0. The van der Waals surface area contributed by atoms with Crippen LogP contribution in [-0.2, 0) is 0 Å². The number of fused-ring (bicyclic) bond motifs is 1. The van der Waals surface area contributed by atoms with E-state index in [1.807, 2.05) is 30.3 Å². The fourth-order valence-corrected chi connectivity index (χ4v) is 4.42. The molecule has 0 radical (unpaired) electrons. The highest BCUT2D eigenvalue weighted by atomic mass is 35.5. The van der Waals surface area contributed by atoms with Gasteiger partial charge in [-0.3, -0.25) is 0 Å². The first-order valence-electron chi connectivity index (χ1n) is 12.1. The number of benzene rings is 3. The lowest BCUT2D eigenvalue weighted by atomic mass is 9.79. The Morgan fingerprint density at radius 3 is 2.22 bits per heavy atom. The minimum absolute atomic E-state index is 0. The lowest BCUT2D eigenvalue weighted by molar-refractivity contribution is 0.104. The summed E-state index contributed by atoms with van der Waals surface area (Å²) in [5, 5.41) is 13.4.